The number of ether oxygens (including phenoxy) is 1. The number of carbonyl (C=O) groups is 1. The molecule has 188 valence electrons. The van der Waals surface area contributed by atoms with Gasteiger partial charge in [0.2, 0.25) is 0 Å². The molecule has 31 heavy (non-hydrogen) atoms. The zero-order valence-corrected chi connectivity index (χ0v) is 22.2. The Labute approximate surface area is 201 Å². The van der Waals surface area contributed by atoms with E-state index in [0.717, 1.165) is 26.2 Å². The van der Waals surface area contributed by atoms with Gasteiger partial charge in [-0.3, -0.25) is 4.79 Å². The number of nitrogens with zero attached hydrogens (tertiary/aromatic N) is 1. The van der Waals surface area contributed by atoms with E-state index in [0.29, 0.717) is 11.0 Å². The Morgan fingerprint density at radius 3 is 1.45 bits per heavy atom. The maximum Gasteiger partial charge on any atom is 0.275 e. The number of hydrogen-bond donors (Lipinski definition) is 1. The third kappa shape index (κ3) is 29.7. The highest BCUT2D eigenvalue weighted by Gasteiger charge is 2.13. The fraction of sp³-hybridized carbons (Fsp3) is 0.962. The topological polar surface area (TPSA) is 38.3 Å². The SMILES string of the molecule is CCCCCCCCCCCCCCCCCCOCCCNC(=O)C[N+](C)(C)C.[Cl-]. The maximum atomic E-state index is 11.7. The van der Waals surface area contributed by atoms with Crippen molar-refractivity contribution >= 4 is 5.91 Å². The second-order valence-corrected chi connectivity index (χ2v) is 10.1. The van der Waals surface area contributed by atoms with Crippen LogP contribution in [0.2, 0.25) is 0 Å². The van der Waals surface area contributed by atoms with Crippen molar-refractivity contribution in [2.24, 2.45) is 0 Å². The number of rotatable bonds is 23. The van der Waals surface area contributed by atoms with Gasteiger partial charge in [0.25, 0.3) is 5.91 Å². The van der Waals surface area contributed by atoms with Crippen LogP contribution < -0.4 is 17.7 Å². The van der Waals surface area contributed by atoms with E-state index in [-0.39, 0.29) is 18.3 Å². The Balaban J connectivity index is 0. The van der Waals surface area contributed by atoms with Crippen LogP contribution in [0.3, 0.4) is 0 Å². The molecule has 0 aliphatic carbocycles. The number of unbranched alkanes of at least 4 members (excludes halogenated alkanes) is 15. The van der Waals surface area contributed by atoms with E-state index in [9.17, 15) is 4.79 Å². The second-order valence-electron chi connectivity index (χ2n) is 10.1. The lowest BCUT2D eigenvalue weighted by Crippen LogP contribution is -3.00. The maximum absolute atomic E-state index is 11.7. The molecular formula is C26H55ClN2O2. The first-order valence-corrected chi connectivity index (χ1v) is 13.1. The van der Waals surface area contributed by atoms with Crippen molar-refractivity contribution in [2.75, 3.05) is 47.4 Å². The first-order valence-electron chi connectivity index (χ1n) is 13.1. The fourth-order valence-corrected chi connectivity index (χ4v) is 3.74. The van der Waals surface area contributed by atoms with Gasteiger partial charge in [-0.25, -0.2) is 0 Å². The van der Waals surface area contributed by atoms with Crippen molar-refractivity contribution in [3.63, 3.8) is 0 Å². The summed E-state index contributed by atoms with van der Waals surface area (Å²) in [5.74, 6) is 0.125. The van der Waals surface area contributed by atoms with Gasteiger partial charge in [0, 0.05) is 19.8 Å². The molecular weight excluding hydrogens is 408 g/mol. The van der Waals surface area contributed by atoms with E-state index >= 15 is 0 Å². The lowest BCUT2D eigenvalue weighted by molar-refractivity contribution is -0.862. The molecule has 0 aromatic rings. The summed E-state index contributed by atoms with van der Waals surface area (Å²) >= 11 is 0. The Kier molecular flexibility index (Phi) is 25.8. The van der Waals surface area contributed by atoms with Gasteiger partial charge < -0.3 is 26.9 Å². The molecule has 0 bridgehead atoms. The molecule has 0 spiro atoms. The average Bonchev–Trinajstić information content (AvgIpc) is 2.68. The van der Waals surface area contributed by atoms with Crippen molar-refractivity contribution in [1.82, 2.24) is 5.32 Å². The van der Waals surface area contributed by atoms with E-state index in [4.69, 9.17) is 4.74 Å². The summed E-state index contributed by atoms with van der Waals surface area (Å²) in [6, 6.07) is 0. The molecule has 0 aromatic heterocycles. The second kappa shape index (κ2) is 24.3. The smallest absolute Gasteiger partial charge is 0.275 e. The predicted octanol–water partition coefficient (Wildman–Crippen LogP) is 3.48. The average molecular weight is 463 g/mol. The van der Waals surface area contributed by atoms with Gasteiger partial charge in [-0.1, -0.05) is 103 Å². The Hall–Kier alpha value is -0.320. The summed E-state index contributed by atoms with van der Waals surface area (Å²) in [6.07, 6.45) is 23.3. The molecule has 0 fully saturated rings. The highest BCUT2D eigenvalue weighted by molar-refractivity contribution is 5.76. The fourth-order valence-electron chi connectivity index (χ4n) is 3.74. The highest BCUT2D eigenvalue weighted by Crippen LogP contribution is 2.13. The molecule has 0 heterocycles. The number of hydrogen-bond acceptors (Lipinski definition) is 2. The molecule has 1 amide bonds. The third-order valence-electron chi connectivity index (χ3n) is 5.55. The van der Waals surface area contributed by atoms with Crippen LogP contribution in [-0.2, 0) is 9.53 Å². The van der Waals surface area contributed by atoms with Gasteiger partial charge in [-0.15, -0.1) is 0 Å². The van der Waals surface area contributed by atoms with Crippen molar-refractivity contribution in [3.05, 3.63) is 0 Å². The van der Waals surface area contributed by atoms with Crippen LogP contribution in [0.5, 0.6) is 0 Å². The number of halogens is 1. The van der Waals surface area contributed by atoms with Gasteiger partial charge in [-0.2, -0.15) is 0 Å². The first-order chi connectivity index (χ1) is 14.5. The lowest BCUT2D eigenvalue weighted by Gasteiger charge is -2.22. The van der Waals surface area contributed by atoms with Gasteiger partial charge in [0.15, 0.2) is 6.54 Å². The minimum absolute atomic E-state index is 0. The van der Waals surface area contributed by atoms with E-state index in [2.05, 4.69) is 12.2 Å². The molecule has 0 aliphatic rings. The zero-order chi connectivity index (χ0) is 22.3. The number of likely N-dealkylation sites (N-methyl/N-ethyl adjacent to an activating group) is 1. The summed E-state index contributed by atoms with van der Waals surface area (Å²) < 4.78 is 6.35. The molecule has 4 nitrogen and oxygen atoms in total. The number of amides is 1. The number of carbonyl (C=O) groups excluding carboxylic acids is 1. The Morgan fingerprint density at radius 2 is 1.03 bits per heavy atom. The van der Waals surface area contributed by atoms with E-state index in [1.807, 2.05) is 21.1 Å². The largest absolute Gasteiger partial charge is 1.00 e. The zero-order valence-electron chi connectivity index (χ0n) is 21.5. The van der Waals surface area contributed by atoms with Gasteiger partial charge >= 0.3 is 0 Å². The van der Waals surface area contributed by atoms with Crippen LogP contribution in [0.4, 0.5) is 0 Å². The van der Waals surface area contributed by atoms with Gasteiger partial charge in [-0.05, 0) is 12.8 Å². The first kappa shape index (κ1) is 32.9. The summed E-state index contributed by atoms with van der Waals surface area (Å²) in [5.41, 5.74) is 0. The Bertz CT molecular complexity index is 373. The molecule has 1 N–H and O–H groups in total. The summed E-state index contributed by atoms with van der Waals surface area (Å²) in [7, 11) is 6.09. The van der Waals surface area contributed by atoms with Crippen molar-refractivity contribution < 1.29 is 26.4 Å². The van der Waals surface area contributed by atoms with Crippen molar-refractivity contribution in [1.29, 1.82) is 0 Å². The lowest BCUT2D eigenvalue weighted by atomic mass is 10.0. The number of quaternary nitrogens is 1. The number of nitrogens with one attached hydrogen (secondary N) is 1. The molecule has 0 saturated heterocycles. The van der Waals surface area contributed by atoms with Gasteiger partial charge in [0.1, 0.15) is 0 Å². The van der Waals surface area contributed by atoms with Crippen LogP contribution in [0.1, 0.15) is 116 Å². The molecule has 5 heteroatoms. The molecule has 0 radical (unpaired) electrons. The minimum atomic E-state index is 0. The molecule has 0 rings (SSSR count). The van der Waals surface area contributed by atoms with Crippen molar-refractivity contribution in [2.45, 2.75) is 116 Å². The molecule has 0 aliphatic heterocycles. The summed E-state index contributed by atoms with van der Waals surface area (Å²) in [6.45, 7) is 5.16. The monoisotopic (exact) mass is 462 g/mol. The molecule has 0 atom stereocenters. The summed E-state index contributed by atoms with van der Waals surface area (Å²) in [5, 5.41) is 2.96. The minimum Gasteiger partial charge on any atom is -1.00 e. The highest BCUT2D eigenvalue weighted by atomic mass is 35.5. The van der Waals surface area contributed by atoms with Crippen LogP contribution in [0.25, 0.3) is 0 Å². The quantitative estimate of drug-likeness (QED) is 0.186. The third-order valence-corrected chi connectivity index (χ3v) is 5.55. The molecule has 0 aromatic carbocycles. The summed E-state index contributed by atoms with van der Waals surface area (Å²) in [4.78, 5) is 11.7. The van der Waals surface area contributed by atoms with Crippen LogP contribution in [0.15, 0.2) is 0 Å². The standard InChI is InChI=1S/C26H54N2O2.ClH/c1-5-6-7-8-9-10-11-12-13-14-15-16-17-18-19-20-23-30-24-21-22-27-26(29)25-28(2,3)4;/h5-25H2,1-4H3;1H. The van der Waals surface area contributed by atoms with Crippen molar-refractivity contribution in [3.8, 4) is 0 Å². The normalized spacial score (nSPS) is 11.4. The van der Waals surface area contributed by atoms with Crippen LogP contribution in [-0.4, -0.2) is 57.8 Å². The van der Waals surface area contributed by atoms with Crippen LogP contribution >= 0.6 is 0 Å². The van der Waals surface area contributed by atoms with E-state index < -0.39 is 0 Å². The van der Waals surface area contributed by atoms with E-state index in [1.54, 1.807) is 0 Å². The predicted molar refractivity (Wildman–Crippen MR) is 131 cm³/mol. The molecule has 0 unspecified atom stereocenters. The Morgan fingerprint density at radius 1 is 0.645 bits per heavy atom. The van der Waals surface area contributed by atoms with Crippen LogP contribution in [0, 0.1) is 0 Å². The van der Waals surface area contributed by atoms with E-state index in [1.165, 1.54) is 103 Å². The van der Waals surface area contributed by atoms with Gasteiger partial charge in [0.05, 0.1) is 21.1 Å². The molecule has 0 saturated carbocycles.